The number of benzene rings is 1. The van der Waals surface area contributed by atoms with Gasteiger partial charge in [-0.05, 0) is 71.3 Å². The van der Waals surface area contributed by atoms with E-state index < -0.39 is 5.69 Å². The lowest BCUT2D eigenvalue weighted by Crippen LogP contribution is -2.28. The number of rotatable bonds is 3. The van der Waals surface area contributed by atoms with Crippen LogP contribution in [0.25, 0.3) is 15.9 Å². The molecule has 0 saturated carbocycles. The lowest BCUT2D eigenvalue weighted by molar-refractivity contribution is -0.117. The quantitative estimate of drug-likeness (QED) is 0.476. The predicted octanol–water partition coefficient (Wildman–Crippen LogP) is 3.94. The number of anilines is 1. The van der Waals surface area contributed by atoms with E-state index in [0.717, 1.165) is 39.5 Å². The Morgan fingerprint density at radius 1 is 1.40 bits per heavy atom. The van der Waals surface area contributed by atoms with Crippen molar-refractivity contribution in [2.45, 2.75) is 39.7 Å². The monoisotopic (exact) mass is 485 g/mol. The van der Waals surface area contributed by atoms with Crippen molar-refractivity contribution in [3.8, 4) is 0 Å². The minimum absolute atomic E-state index is 0.142. The Hall–Kier alpha value is -2.52. The highest BCUT2D eigenvalue weighted by Gasteiger charge is 2.24. The van der Waals surface area contributed by atoms with E-state index in [1.807, 2.05) is 25.1 Å². The van der Waals surface area contributed by atoms with Gasteiger partial charge in [0, 0.05) is 9.35 Å². The largest absolute Gasteiger partial charge is 0.365 e. The number of aryl methyl sites for hydroxylation is 2. The topological polar surface area (TPSA) is 81.3 Å². The van der Waals surface area contributed by atoms with Gasteiger partial charge in [0.05, 0.1) is 11.1 Å². The fourth-order valence-electron chi connectivity index (χ4n) is 4.05. The zero-order chi connectivity index (χ0) is 21.0. The van der Waals surface area contributed by atoms with Gasteiger partial charge in [0.15, 0.2) is 5.65 Å². The minimum atomic E-state index is -0.452. The van der Waals surface area contributed by atoms with Crippen LogP contribution in [0.2, 0.25) is 0 Å². The molecule has 1 atom stereocenters. The van der Waals surface area contributed by atoms with Gasteiger partial charge in [0.25, 0.3) is 0 Å². The van der Waals surface area contributed by atoms with E-state index in [-0.39, 0.29) is 12.5 Å². The van der Waals surface area contributed by atoms with E-state index in [1.54, 1.807) is 22.2 Å². The van der Waals surface area contributed by atoms with Crippen LogP contribution in [0.3, 0.4) is 0 Å². The van der Waals surface area contributed by atoms with E-state index >= 15 is 0 Å². The Morgan fingerprint density at radius 3 is 3.03 bits per heavy atom. The molecule has 1 aromatic carbocycles. The number of carbonyl (C=O) groups excluding carboxylic acids is 1. The van der Waals surface area contributed by atoms with Gasteiger partial charge in [-0.25, -0.2) is 19.0 Å². The van der Waals surface area contributed by atoms with Crippen molar-refractivity contribution >= 4 is 54.7 Å². The van der Waals surface area contributed by atoms with Gasteiger partial charge in [0.1, 0.15) is 17.7 Å². The number of nitrogens with one attached hydrogen (secondary N) is 1. The van der Waals surface area contributed by atoms with E-state index in [9.17, 15) is 9.59 Å². The number of nitrogens with zero attached hydrogens (tertiary/aromatic N) is 4. The van der Waals surface area contributed by atoms with Crippen LogP contribution in [0, 0.1) is 12.8 Å². The van der Waals surface area contributed by atoms with Gasteiger partial charge in [-0.15, -0.1) is 11.3 Å². The second kappa shape index (κ2) is 7.31. The second-order valence-corrected chi connectivity index (χ2v) is 9.87. The highest BCUT2D eigenvalue weighted by Crippen LogP contribution is 2.38. The van der Waals surface area contributed by atoms with Crippen LogP contribution >= 0.6 is 27.3 Å². The summed E-state index contributed by atoms with van der Waals surface area (Å²) in [6, 6.07) is 5.68. The molecule has 0 unspecified atom stereocenters. The standard InChI is InChI=1S/C21H20BrN5O2S/c1-11-4-6-15(14(22)7-11)24-17(28)9-26-21(29)25-19-18-13-5-3-12(2)8-16(13)30-20(18)23-10-27(19)26/h4,6-7,10,12H,3,5,8-9H2,1-2H3,(H,24,28)/t12-/m1/s1. The van der Waals surface area contributed by atoms with Gasteiger partial charge >= 0.3 is 5.69 Å². The Morgan fingerprint density at radius 2 is 2.23 bits per heavy atom. The smallest absolute Gasteiger partial charge is 0.323 e. The van der Waals surface area contributed by atoms with Crippen molar-refractivity contribution in [3.63, 3.8) is 0 Å². The third-order valence-corrected chi connectivity index (χ3v) is 7.41. The fourth-order valence-corrected chi connectivity index (χ4v) is 5.99. The average molecular weight is 486 g/mol. The molecule has 0 fully saturated rings. The van der Waals surface area contributed by atoms with E-state index in [1.165, 1.54) is 15.1 Å². The number of carbonyl (C=O) groups is 1. The number of hydrogen-bond donors (Lipinski definition) is 1. The molecular formula is C21H20BrN5O2S. The van der Waals surface area contributed by atoms with Crippen LogP contribution < -0.4 is 11.0 Å². The third kappa shape index (κ3) is 3.26. The molecule has 30 heavy (non-hydrogen) atoms. The minimum Gasteiger partial charge on any atom is -0.323 e. The number of halogens is 1. The molecule has 4 aromatic rings. The zero-order valence-corrected chi connectivity index (χ0v) is 19.0. The average Bonchev–Trinajstić information content (AvgIpc) is 3.21. The molecule has 0 saturated heterocycles. The summed E-state index contributed by atoms with van der Waals surface area (Å²) in [5.41, 5.74) is 3.14. The summed E-state index contributed by atoms with van der Waals surface area (Å²) in [6.45, 7) is 4.10. The first-order valence-electron chi connectivity index (χ1n) is 9.85. The van der Waals surface area contributed by atoms with Crippen LogP contribution in [0.15, 0.2) is 33.8 Å². The summed E-state index contributed by atoms with van der Waals surface area (Å²) in [6.07, 6.45) is 4.73. The molecule has 0 bridgehead atoms. The summed E-state index contributed by atoms with van der Waals surface area (Å²) in [4.78, 5) is 36.4. The molecular weight excluding hydrogens is 466 g/mol. The van der Waals surface area contributed by atoms with Crippen LogP contribution in [-0.4, -0.2) is 25.1 Å². The van der Waals surface area contributed by atoms with Gasteiger partial charge in [-0.1, -0.05) is 13.0 Å². The molecule has 1 aliphatic carbocycles. The van der Waals surface area contributed by atoms with Crippen molar-refractivity contribution in [2.75, 3.05) is 5.32 Å². The van der Waals surface area contributed by atoms with Crippen molar-refractivity contribution in [3.05, 3.63) is 55.5 Å². The highest BCUT2D eigenvalue weighted by atomic mass is 79.9. The van der Waals surface area contributed by atoms with E-state index in [4.69, 9.17) is 0 Å². The lowest BCUT2D eigenvalue weighted by atomic mass is 9.89. The first kappa shape index (κ1) is 19.4. The molecule has 9 heteroatoms. The Balaban J connectivity index is 1.52. The maximum Gasteiger partial charge on any atom is 0.365 e. The highest BCUT2D eigenvalue weighted by molar-refractivity contribution is 9.10. The molecule has 7 nitrogen and oxygen atoms in total. The molecule has 0 spiro atoms. The molecule has 5 rings (SSSR count). The number of fused-ring (bicyclic) bond motifs is 5. The Bertz CT molecular complexity index is 1370. The van der Waals surface area contributed by atoms with Crippen molar-refractivity contribution in [1.29, 1.82) is 0 Å². The maximum atomic E-state index is 12.6. The molecule has 0 radical (unpaired) electrons. The van der Waals surface area contributed by atoms with Gasteiger partial charge in [-0.3, -0.25) is 4.79 Å². The SMILES string of the molecule is Cc1ccc(NC(=O)Cn2c(=O)nc3c4c5c(sc4ncn32)C[C@H](C)CC5)c(Br)c1. The van der Waals surface area contributed by atoms with Crippen LogP contribution in [0.1, 0.15) is 29.3 Å². The summed E-state index contributed by atoms with van der Waals surface area (Å²) in [5.74, 6) is 0.357. The summed E-state index contributed by atoms with van der Waals surface area (Å²) < 4.78 is 3.73. The summed E-state index contributed by atoms with van der Waals surface area (Å²) >= 11 is 5.15. The lowest BCUT2D eigenvalue weighted by Gasteiger charge is -2.17. The maximum absolute atomic E-state index is 12.6. The van der Waals surface area contributed by atoms with Gasteiger partial charge < -0.3 is 5.32 Å². The molecule has 3 aromatic heterocycles. The first-order chi connectivity index (χ1) is 14.4. The zero-order valence-electron chi connectivity index (χ0n) is 16.6. The number of aromatic nitrogens is 4. The first-order valence-corrected chi connectivity index (χ1v) is 11.5. The molecule has 1 amide bonds. The predicted molar refractivity (Wildman–Crippen MR) is 121 cm³/mol. The van der Waals surface area contributed by atoms with Crippen LogP contribution in [0.5, 0.6) is 0 Å². The molecule has 3 heterocycles. The Kier molecular flexibility index (Phi) is 4.74. The van der Waals surface area contributed by atoms with Crippen LogP contribution in [-0.2, 0) is 24.2 Å². The van der Waals surface area contributed by atoms with Crippen molar-refractivity contribution in [2.24, 2.45) is 5.92 Å². The molecule has 154 valence electrons. The van der Waals surface area contributed by atoms with Crippen molar-refractivity contribution in [1.82, 2.24) is 19.2 Å². The molecule has 1 aliphatic rings. The normalized spacial score (nSPS) is 16.2. The Labute approximate surface area is 184 Å². The number of thiophene rings is 1. The molecule has 1 N–H and O–H groups in total. The molecule has 0 aliphatic heterocycles. The number of amides is 1. The third-order valence-electron chi connectivity index (χ3n) is 5.59. The second-order valence-electron chi connectivity index (χ2n) is 7.93. The van der Waals surface area contributed by atoms with E-state index in [2.05, 4.69) is 38.1 Å². The van der Waals surface area contributed by atoms with Crippen LogP contribution in [0.4, 0.5) is 5.69 Å². The fraction of sp³-hybridized carbons (Fsp3) is 0.333. The number of hydrogen-bond acceptors (Lipinski definition) is 5. The summed E-state index contributed by atoms with van der Waals surface area (Å²) in [7, 11) is 0. The van der Waals surface area contributed by atoms with E-state index in [0.29, 0.717) is 17.3 Å². The van der Waals surface area contributed by atoms with Gasteiger partial charge in [0.2, 0.25) is 5.91 Å². The van der Waals surface area contributed by atoms with Crippen molar-refractivity contribution < 1.29 is 4.79 Å². The van der Waals surface area contributed by atoms with Gasteiger partial charge in [-0.2, -0.15) is 4.98 Å². The summed E-state index contributed by atoms with van der Waals surface area (Å²) in [5, 5.41) is 3.81.